The summed E-state index contributed by atoms with van der Waals surface area (Å²) in [5.74, 6) is 0.452. The molecule has 2 aliphatic rings. The molecule has 0 spiro atoms. The van der Waals surface area contributed by atoms with E-state index in [2.05, 4.69) is 9.80 Å². The first-order valence-electron chi connectivity index (χ1n) is 8.95. The molecule has 0 radical (unpaired) electrons. The van der Waals surface area contributed by atoms with Crippen molar-refractivity contribution in [3.05, 3.63) is 53.1 Å². The van der Waals surface area contributed by atoms with Gasteiger partial charge in [-0.3, -0.25) is 4.79 Å². The van der Waals surface area contributed by atoms with Gasteiger partial charge in [-0.25, -0.2) is 0 Å². The molecule has 2 heterocycles. The van der Waals surface area contributed by atoms with Crippen LogP contribution in [0.15, 0.2) is 42.5 Å². The van der Waals surface area contributed by atoms with Gasteiger partial charge >= 0.3 is 0 Å². The number of fused-ring (bicyclic) bond motifs is 1. The normalized spacial score (nSPS) is 16.7. The molecule has 0 aromatic heterocycles. The highest BCUT2D eigenvalue weighted by Gasteiger charge is 2.26. The third-order valence-corrected chi connectivity index (χ3v) is 5.44. The van der Waals surface area contributed by atoms with Crippen molar-refractivity contribution in [3.63, 3.8) is 0 Å². The summed E-state index contributed by atoms with van der Waals surface area (Å²) in [4.78, 5) is 19.1. The lowest BCUT2D eigenvalue weighted by atomic mass is 10.2. The molecule has 4 rings (SSSR count). The molecule has 5 nitrogen and oxygen atoms in total. The Bertz CT molecular complexity index is 801. The first-order valence-corrected chi connectivity index (χ1v) is 9.33. The highest BCUT2D eigenvalue weighted by Crippen LogP contribution is 2.30. The van der Waals surface area contributed by atoms with Gasteiger partial charge in [0.2, 0.25) is 5.91 Å². The van der Waals surface area contributed by atoms with Gasteiger partial charge in [0.1, 0.15) is 5.75 Å². The fourth-order valence-electron chi connectivity index (χ4n) is 3.74. The minimum atomic E-state index is 0.179. The van der Waals surface area contributed by atoms with Crippen LogP contribution in [0.2, 0.25) is 5.02 Å². The second kappa shape index (κ2) is 7.08. The molecule has 0 aliphatic carbocycles. The summed E-state index contributed by atoms with van der Waals surface area (Å²) in [6.45, 7) is 4.36. The Morgan fingerprint density at radius 1 is 1.00 bits per heavy atom. The molecule has 1 saturated heterocycles. The first-order chi connectivity index (χ1) is 12.6. The second-order valence-corrected chi connectivity index (χ2v) is 7.27. The van der Waals surface area contributed by atoms with Crippen molar-refractivity contribution >= 4 is 28.9 Å². The molecule has 1 N–H and O–H groups in total. The summed E-state index contributed by atoms with van der Waals surface area (Å²) in [7, 11) is 0. The highest BCUT2D eigenvalue weighted by molar-refractivity contribution is 6.30. The molecule has 0 bridgehead atoms. The van der Waals surface area contributed by atoms with Crippen LogP contribution in [0.25, 0.3) is 0 Å². The lowest BCUT2D eigenvalue weighted by Crippen LogP contribution is -2.51. The number of aromatic hydroxyl groups is 1. The number of nitrogens with zero attached hydrogens (tertiary/aromatic N) is 3. The van der Waals surface area contributed by atoms with Gasteiger partial charge in [0.25, 0.3) is 0 Å². The summed E-state index contributed by atoms with van der Waals surface area (Å²) in [6.07, 6.45) is 0.942. The number of anilines is 2. The molecule has 1 fully saturated rings. The maximum atomic E-state index is 12.7. The fraction of sp³-hybridized carbons (Fsp3) is 0.350. The van der Waals surface area contributed by atoms with Gasteiger partial charge in [0.15, 0.2) is 0 Å². The van der Waals surface area contributed by atoms with Crippen LogP contribution < -0.4 is 9.80 Å². The fourth-order valence-corrected chi connectivity index (χ4v) is 3.94. The number of carbonyl (C=O) groups excluding carboxylic acids is 1. The standard InChI is InChI=1S/C20H22ClN3O2/c21-16-1-6-19-15(13-16)7-8-24(19)14-20(26)23-11-9-22(10-12-23)17-2-4-18(25)5-3-17/h1-6,13,25H,7-12,14H2. The van der Waals surface area contributed by atoms with E-state index in [1.165, 1.54) is 5.56 Å². The number of amides is 1. The van der Waals surface area contributed by atoms with Crippen LogP contribution in [0, 0.1) is 0 Å². The van der Waals surface area contributed by atoms with Crippen LogP contribution in [-0.2, 0) is 11.2 Å². The van der Waals surface area contributed by atoms with Crippen molar-refractivity contribution in [1.82, 2.24) is 4.90 Å². The number of phenols is 1. The van der Waals surface area contributed by atoms with Gasteiger partial charge in [0, 0.05) is 49.1 Å². The zero-order valence-corrected chi connectivity index (χ0v) is 15.3. The number of benzene rings is 2. The minimum absolute atomic E-state index is 0.179. The van der Waals surface area contributed by atoms with E-state index in [9.17, 15) is 9.90 Å². The summed E-state index contributed by atoms with van der Waals surface area (Å²) in [5, 5.41) is 10.2. The van der Waals surface area contributed by atoms with Crippen molar-refractivity contribution in [2.24, 2.45) is 0 Å². The van der Waals surface area contributed by atoms with E-state index in [1.54, 1.807) is 12.1 Å². The molecule has 26 heavy (non-hydrogen) atoms. The van der Waals surface area contributed by atoms with Crippen molar-refractivity contribution < 1.29 is 9.90 Å². The average Bonchev–Trinajstić information content (AvgIpc) is 3.04. The summed E-state index contributed by atoms with van der Waals surface area (Å²) < 4.78 is 0. The van der Waals surface area contributed by atoms with E-state index in [0.717, 1.165) is 55.5 Å². The van der Waals surface area contributed by atoms with Crippen LogP contribution in [0.4, 0.5) is 11.4 Å². The number of piperazine rings is 1. The number of carbonyl (C=O) groups is 1. The Hall–Kier alpha value is -2.40. The SMILES string of the molecule is O=C(CN1CCc2cc(Cl)ccc21)N1CCN(c2ccc(O)cc2)CC1. The number of phenolic OH excluding ortho intramolecular Hbond substituents is 1. The van der Waals surface area contributed by atoms with Crippen LogP contribution in [-0.4, -0.2) is 55.2 Å². The highest BCUT2D eigenvalue weighted by atomic mass is 35.5. The van der Waals surface area contributed by atoms with Crippen LogP contribution in [0.5, 0.6) is 5.75 Å². The number of rotatable bonds is 3. The van der Waals surface area contributed by atoms with E-state index >= 15 is 0 Å². The van der Waals surface area contributed by atoms with E-state index in [-0.39, 0.29) is 11.7 Å². The Morgan fingerprint density at radius 2 is 1.73 bits per heavy atom. The van der Waals surface area contributed by atoms with Gasteiger partial charge in [0.05, 0.1) is 6.54 Å². The van der Waals surface area contributed by atoms with Crippen molar-refractivity contribution in [2.45, 2.75) is 6.42 Å². The van der Waals surface area contributed by atoms with Crippen LogP contribution in [0.3, 0.4) is 0 Å². The topological polar surface area (TPSA) is 47.0 Å². The summed E-state index contributed by atoms with van der Waals surface area (Å²) >= 11 is 6.06. The second-order valence-electron chi connectivity index (χ2n) is 6.83. The van der Waals surface area contributed by atoms with Gasteiger partial charge in [-0.1, -0.05) is 11.6 Å². The lowest BCUT2D eigenvalue weighted by Gasteiger charge is -2.37. The third kappa shape index (κ3) is 3.44. The molecule has 0 saturated carbocycles. The molecular formula is C20H22ClN3O2. The predicted molar refractivity (Wildman–Crippen MR) is 104 cm³/mol. The minimum Gasteiger partial charge on any atom is -0.508 e. The summed E-state index contributed by atoms with van der Waals surface area (Å²) in [5.41, 5.74) is 3.44. The predicted octanol–water partition coefficient (Wildman–Crippen LogP) is 2.76. The van der Waals surface area contributed by atoms with Crippen molar-refractivity contribution in [1.29, 1.82) is 0 Å². The van der Waals surface area contributed by atoms with Crippen molar-refractivity contribution in [2.75, 3.05) is 49.1 Å². The van der Waals surface area contributed by atoms with Gasteiger partial charge < -0.3 is 19.8 Å². The monoisotopic (exact) mass is 371 g/mol. The largest absolute Gasteiger partial charge is 0.508 e. The zero-order valence-electron chi connectivity index (χ0n) is 14.6. The lowest BCUT2D eigenvalue weighted by molar-refractivity contribution is -0.130. The Balaban J connectivity index is 1.34. The van der Waals surface area contributed by atoms with E-state index in [4.69, 9.17) is 11.6 Å². The van der Waals surface area contributed by atoms with Gasteiger partial charge in [-0.05, 0) is 54.4 Å². The molecule has 0 atom stereocenters. The molecule has 136 valence electrons. The molecule has 2 aliphatic heterocycles. The van der Waals surface area contributed by atoms with E-state index in [0.29, 0.717) is 6.54 Å². The first kappa shape index (κ1) is 17.0. The quantitative estimate of drug-likeness (QED) is 0.901. The average molecular weight is 372 g/mol. The molecule has 6 heteroatoms. The Morgan fingerprint density at radius 3 is 2.46 bits per heavy atom. The Kier molecular flexibility index (Phi) is 4.64. The molecule has 2 aromatic rings. The molecular weight excluding hydrogens is 350 g/mol. The molecule has 0 unspecified atom stereocenters. The maximum absolute atomic E-state index is 12.7. The van der Waals surface area contributed by atoms with Gasteiger partial charge in [-0.15, -0.1) is 0 Å². The van der Waals surface area contributed by atoms with Crippen LogP contribution in [0.1, 0.15) is 5.56 Å². The Labute approximate surface area is 158 Å². The zero-order chi connectivity index (χ0) is 18.1. The molecule has 1 amide bonds. The van der Waals surface area contributed by atoms with E-state index < -0.39 is 0 Å². The number of halogens is 1. The summed E-state index contributed by atoms with van der Waals surface area (Å²) in [6, 6.07) is 13.1. The number of hydrogen-bond acceptors (Lipinski definition) is 4. The number of hydrogen-bond donors (Lipinski definition) is 1. The van der Waals surface area contributed by atoms with E-state index in [1.807, 2.05) is 35.2 Å². The third-order valence-electron chi connectivity index (χ3n) is 5.21. The molecule has 2 aromatic carbocycles. The van der Waals surface area contributed by atoms with Crippen molar-refractivity contribution in [3.8, 4) is 5.75 Å². The van der Waals surface area contributed by atoms with Gasteiger partial charge in [-0.2, -0.15) is 0 Å². The van der Waals surface area contributed by atoms with Crippen LogP contribution >= 0.6 is 11.6 Å². The maximum Gasteiger partial charge on any atom is 0.242 e. The smallest absolute Gasteiger partial charge is 0.242 e.